The third-order valence-corrected chi connectivity index (χ3v) is 5.17. The van der Waals surface area contributed by atoms with Crippen molar-refractivity contribution >= 4 is 17.6 Å². The molecular formula is C23H31ClO4. The van der Waals surface area contributed by atoms with Gasteiger partial charge in [0.2, 0.25) is 0 Å². The van der Waals surface area contributed by atoms with Gasteiger partial charge in [-0.2, -0.15) is 0 Å². The van der Waals surface area contributed by atoms with E-state index in [4.69, 9.17) is 11.6 Å². The number of aromatic carboxylic acids is 1. The van der Waals surface area contributed by atoms with Gasteiger partial charge in [-0.05, 0) is 72.3 Å². The maximum atomic E-state index is 11.4. The molecule has 28 heavy (non-hydrogen) atoms. The molecule has 0 aliphatic heterocycles. The summed E-state index contributed by atoms with van der Waals surface area (Å²) in [6.07, 6.45) is 10.4. The number of halogens is 1. The molecule has 0 radical (unpaired) electrons. The van der Waals surface area contributed by atoms with E-state index < -0.39 is 11.7 Å². The zero-order valence-corrected chi connectivity index (χ0v) is 18.2. The first-order valence-corrected chi connectivity index (χ1v) is 9.84. The van der Waals surface area contributed by atoms with E-state index >= 15 is 0 Å². The quantitative estimate of drug-likeness (QED) is 0.398. The fraction of sp³-hybridized carbons (Fsp3) is 0.435. The van der Waals surface area contributed by atoms with Crippen LogP contribution in [0.3, 0.4) is 0 Å². The zero-order chi connectivity index (χ0) is 21.4. The molecule has 1 aromatic carbocycles. The summed E-state index contributed by atoms with van der Waals surface area (Å²) in [7, 11) is 0. The second-order valence-electron chi connectivity index (χ2n) is 7.46. The summed E-state index contributed by atoms with van der Waals surface area (Å²) in [6.45, 7) is 9.78. The van der Waals surface area contributed by atoms with Gasteiger partial charge in [0.05, 0.1) is 5.02 Å². The van der Waals surface area contributed by atoms with Crippen LogP contribution < -0.4 is 0 Å². The monoisotopic (exact) mass is 406 g/mol. The molecule has 0 aromatic heterocycles. The average molecular weight is 407 g/mol. The minimum absolute atomic E-state index is 0.0359. The summed E-state index contributed by atoms with van der Waals surface area (Å²) < 4.78 is 0. The highest BCUT2D eigenvalue weighted by Crippen LogP contribution is 2.41. The summed E-state index contributed by atoms with van der Waals surface area (Å²) in [5, 5.41) is 29.8. The van der Waals surface area contributed by atoms with Crippen molar-refractivity contribution in [3.05, 3.63) is 56.7 Å². The molecule has 0 spiro atoms. The van der Waals surface area contributed by atoms with Crippen LogP contribution in [0.15, 0.2) is 34.9 Å². The van der Waals surface area contributed by atoms with E-state index in [9.17, 15) is 20.1 Å². The lowest BCUT2D eigenvalue weighted by Crippen LogP contribution is -2.04. The Morgan fingerprint density at radius 2 is 1.46 bits per heavy atom. The predicted molar refractivity (Wildman–Crippen MR) is 116 cm³/mol. The van der Waals surface area contributed by atoms with Crippen LogP contribution in [0, 0.1) is 6.92 Å². The first-order chi connectivity index (χ1) is 13.1. The molecule has 4 nitrogen and oxygen atoms in total. The number of hydrogen-bond acceptors (Lipinski definition) is 3. The Balaban J connectivity index is 2.81. The van der Waals surface area contributed by atoms with Gasteiger partial charge in [-0.1, -0.05) is 46.5 Å². The first-order valence-electron chi connectivity index (χ1n) is 9.47. The maximum Gasteiger partial charge on any atom is 0.339 e. The molecule has 0 aliphatic carbocycles. The minimum Gasteiger partial charge on any atom is -0.507 e. The smallest absolute Gasteiger partial charge is 0.339 e. The van der Waals surface area contributed by atoms with Crippen molar-refractivity contribution in [2.75, 3.05) is 0 Å². The molecule has 5 heteroatoms. The third kappa shape index (κ3) is 6.75. The van der Waals surface area contributed by atoms with Crippen molar-refractivity contribution in [3.8, 4) is 11.5 Å². The molecule has 3 N–H and O–H groups in total. The Labute approximate surface area is 172 Å². The van der Waals surface area contributed by atoms with Gasteiger partial charge < -0.3 is 15.3 Å². The molecule has 1 rings (SSSR count). The number of aromatic hydroxyl groups is 2. The second-order valence-corrected chi connectivity index (χ2v) is 7.84. The van der Waals surface area contributed by atoms with Gasteiger partial charge >= 0.3 is 5.97 Å². The van der Waals surface area contributed by atoms with E-state index in [0.29, 0.717) is 0 Å². The van der Waals surface area contributed by atoms with Crippen LogP contribution in [-0.2, 0) is 6.42 Å². The van der Waals surface area contributed by atoms with Gasteiger partial charge in [0, 0.05) is 5.56 Å². The molecule has 0 aliphatic rings. The summed E-state index contributed by atoms with van der Waals surface area (Å²) in [4.78, 5) is 11.4. The fourth-order valence-electron chi connectivity index (χ4n) is 2.93. The van der Waals surface area contributed by atoms with E-state index in [1.807, 2.05) is 13.0 Å². The van der Waals surface area contributed by atoms with Gasteiger partial charge in [-0.3, -0.25) is 0 Å². The van der Waals surface area contributed by atoms with Gasteiger partial charge in [-0.15, -0.1) is 0 Å². The number of carboxylic acid groups (broad SMARTS) is 1. The zero-order valence-electron chi connectivity index (χ0n) is 17.4. The van der Waals surface area contributed by atoms with Gasteiger partial charge in [0.25, 0.3) is 0 Å². The molecule has 0 atom stereocenters. The van der Waals surface area contributed by atoms with E-state index in [0.717, 1.165) is 31.3 Å². The number of allylic oxidation sites excluding steroid dienone is 6. The number of phenols is 2. The molecule has 0 amide bonds. The molecule has 0 unspecified atom stereocenters. The molecule has 0 fully saturated rings. The van der Waals surface area contributed by atoms with Gasteiger partial charge in [-0.25, -0.2) is 4.79 Å². The normalized spacial score (nSPS) is 12.2. The SMILES string of the molecule is CC(C)=CCC/C(C)=C/CC/C(C)=C/Cc1c(O)c(Cl)c(C)c(C(=O)O)c1O. The number of hydrogen-bond donors (Lipinski definition) is 3. The number of rotatable bonds is 9. The third-order valence-electron chi connectivity index (χ3n) is 4.71. The highest BCUT2D eigenvalue weighted by atomic mass is 35.5. The Morgan fingerprint density at radius 3 is 2.00 bits per heavy atom. The van der Waals surface area contributed by atoms with Crippen LogP contribution in [0.4, 0.5) is 0 Å². The van der Waals surface area contributed by atoms with Crippen LogP contribution in [0.5, 0.6) is 11.5 Å². The minimum atomic E-state index is -1.27. The number of phenolic OH excluding ortho intramolecular Hbond substituents is 1. The van der Waals surface area contributed by atoms with Gasteiger partial charge in [0.1, 0.15) is 17.1 Å². The first kappa shape index (κ1) is 23.8. The van der Waals surface area contributed by atoms with Crippen LogP contribution >= 0.6 is 11.6 Å². The molecule has 0 saturated carbocycles. The number of benzene rings is 1. The lowest BCUT2D eigenvalue weighted by Gasteiger charge is -2.13. The summed E-state index contributed by atoms with van der Waals surface area (Å²) >= 11 is 6.04. The standard InChI is InChI=1S/C23H31ClO4/c1-14(2)8-6-9-15(3)10-7-11-16(4)12-13-18-21(25)19(23(27)28)17(5)20(24)22(18)26/h8,10,12,25-26H,6-7,9,11,13H2,1-5H3,(H,27,28)/b15-10+,16-12+. The lowest BCUT2D eigenvalue weighted by molar-refractivity contribution is 0.0692. The molecule has 0 heterocycles. The number of carbonyl (C=O) groups is 1. The van der Waals surface area contributed by atoms with E-state index in [-0.39, 0.29) is 33.9 Å². The highest BCUT2D eigenvalue weighted by molar-refractivity contribution is 6.33. The Morgan fingerprint density at radius 1 is 0.929 bits per heavy atom. The summed E-state index contributed by atoms with van der Waals surface area (Å²) in [6, 6.07) is 0. The molecular weight excluding hydrogens is 376 g/mol. The van der Waals surface area contributed by atoms with Crippen LogP contribution in [-0.4, -0.2) is 21.3 Å². The molecule has 154 valence electrons. The Bertz CT molecular complexity index is 813. The summed E-state index contributed by atoms with van der Waals surface area (Å²) in [5.74, 6) is -1.96. The van der Waals surface area contributed by atoms with E-state index in [1.165, 1.54) is 18.1 Å². The van der Waals surface area contributed by atoms with Crippen molar-refractivity contribution in [3.63, 3.8) is 0 Å². The van der Waals surface area contributed by atoms with Crippen molar-refractivity contribution in [1.82, 2.24) is 0 Å². The maximum absolute atomic E-state index is 11.4. The van der Waals surface area contributed by atoms with Crippen molar-refractivity contribution in [2.24, 2.45) is 0 Å². The van der Waals surface area contributed by atoms with Crippen LogP contribution in [0.2, 0.25) is 5.02 Å². The van der Waals surface area contributed by atoms with E-state index in [1.54, 1.807) is 0 Å². The van der Waals surface area contributed by atoms with Crippen molar-refractivity contribution in [1.29, 1.82) is 0 Å². The second kappa shape index (κ2) is 11.0. The average Bonchev–Trinajstić information content (AvgIpc) is 2.59. The number of carboxylic acids is 1. The van der Waals surface area contributed by atoms with Crippen LogP contribution in [0.25, 0.3) is 0 Å². The Kier molecular flexibility index (Phi) is 9.33. The van der Waals surface area contributed by atoms with E-state index in [2.05, 4.69) is 32.9 Å². The van der Waals surface area contributed by atoms with Crippen molar-refractivity contribution in [2.45, 2.75) is 66.7 Å². The van der Waals surface area contributed by atoms with Crippen molar-refractivity contribution < 1.29 is 20.1 Å². The molecule has 0 saturated heterocycles. The molecule has 0 bridgehead atoms. The Hall–Kier alpha value is -2.20. The predicted octanol–water partition coefficient (Wildman–Crippen LogP) is 6.72. The van der Waals surface area contributed by atoms with Crippen LogP contribution in [0.1, 0.15) is 74.9 Å². The summed E-state index contributed by atoms with van der Waals surface area (Å²) in [5.41, 5.74) is 3.82. The topological polar surface area (TPSA) is 77.8 Å². The van der Waals surface area contributed by atoms with Gasteiger partial charge in [0.15, 0.2) is 0 Å². The molecule has 1 aromatic rings. The largest absolute Gasteiger partial charge is 0.507 e. The fourth-order valence-corrected chi connectivity index (χ4v) is 3.14. The lowest BCUT2D eigenvalue weighted by atomic mass is 9.98. The highest BCUT2D eigenvalue weighted by Gasteiger charge is 2.23.